The van der Waals surface area contributed by atoms with Gasteiger partial charge in [-0.05, 0) is 32.0 Å². The molecule has 0 bridgehead atoms. The molecule has 3 aromatic rings. The molecule has 0 unspecified atom stereocenters. The lowest BCUT2D eigenvalue weighted by molar-refractivity contribution is 0.324. The highest BCUT2D eigenvalue weighted by atomic mass is 16.5. The summed E-state index contributed by atoms with van der Waals surface area (Å²) in [6.45, 7) is 4.48. The summed E-state index contributed by atoms with van der Waals surface area (Å²) in [7, 11) is 0. The molecule has 3 heterocycles. The predicted octanol–water partition coefficient (Wildman–Crippen LogP) is 3.59. The monoisotopic (exact) mass is 333 g/mol. The van der Waals surface area contributed by atoms with Gasteiger partial charge in [-0.1, -0.05) is 6.07 Å². The molecule has 3 aromatic heterocycles. The van der Waals surface area contributed by atoms with Crippen LogP contribution in [-0.2, 0) is 6.42 Å². The first-order valence-corrected chi connectivity index (χ1v) is 8.10. The first-order chi connectivity index (χ1) is 12.3. The Balaban J connectivity index is 1.74. The molecule has 0 N–H and O–H groups in total. The molecule has 0 amide bonds. The van der Waals surface area contributed by atoms with Gasteiger partial charge in [0.2, 0.25) is 5.88 Å². The molecule has 6 nitrogen and oxygen atoms in total. The van der Waals surface area contributed by atoms with Gasteiger partial charge in [-0.25, -0.2) is 19.9 Å². The smallest absolute Gasteiger partial charge is 0.216 e. The first-order valence-electron chi connectivity index (χ1n) is 8.10. The molecule has 0 saturated carbocycles. The minimum Gasteiger partial charge on any atom is -0.478 e. The summed E-state index contributed by atoms with van der Waals surface area (Å²) >= 11 is 0. The van der Waals surface area contributed by atoms with E-state index < -0.39 is 0 Å². The molecule has 0 aromatic carbocycles. The Morgan fingerprint density at radius 3 is 2.84 bits per heavy atom. The third-order valence-corrected chi connectivity index (χ3v) is 3.53. The predicted molar refractivity (Wildman–Crippen MR) is 97.3 cm³/mol. The lowest BCUT2D eigenvalue weighted by Crippen LogP contribution is -1.99. The van der Waals surface area contributed by atoms with Gasteiger partial charge in [0.15, 0.2) is 5.82 Å². The van der Waals surface area contributed by atoms with Crippen LogP contribution in [0.4, 0.5) is 5.82 Å². The summed E-state index contributed by atoms with van der Waals surface area (Å²) in [5.74, 6) is 1.25. The molecular formula is C19H19N5O. The Kier molecular flexibility index (Phi) is 5.41. The summed E-state index contributed by atoms with van der Waals surface area (Å²) in [5, 5.41) is 0. The average molecular weight is 333 g/mol. The number of rotatable bonds is 6. The molecule has 25 heavy (non-hydrogen) atoms. The lowest BCUT2D eigenvalue weighted by Gasteiger charge is -2.06. The molecular weight excluding hydrogens is 314 g/mol. The highest BCUT2D eigenvalue weighted by molar-refractivity contribution is 5.68. The maximum Gasteiger partial charge on any atom is 0.216 e. The van der Waals surface area contributed by atoms with Crippen molar-refractivity contribution in [3.8, 4) is 17.1 Å². The fraction of sp³-hybridized carbons (Fsp3) is 0.211. The van der Waals surface area contributed by atoms with Gasteiger partial charge in [-0.3, -0.25) is 4.98 Å². The van der Waals surface area contributed by atoms with Crippen LogP contribution in [0.2, 0.25) is 0 Å². The van der Waals surface area contributed by atoms with Crippen molar-refractivity contribution in [3.05, 3.63) is 60.3 Å². The molecule has 0 aliphatic carbocycles. The number of hydrogen-bond acceptors (Lipinski definition) is 6. The number of hydrogen-bond donors (Lipinski definition) is 0. The van der Waals surface area contributed by atoms with Crippen LogP contribution in [-0.4, -0.2) is 32.8 Å². The van der Waals surface area contributed by atoms with Crippen molar-refractivity contribution in [3.63, 3.8) is 0 Å². The topological polar surface area (TPSA) is 73.2 Å². The molecule has 0 radical (unpaired) electrons. The minimum absolute atomic E-state index is 0.584. The van der Waals surface area contributed by atoms with Crippen LogP contribution < -0.4 is 4.74 Å². The van der Waals surface area contributed by atoms with Gasteiger partial charge < -0.3 is 4.74 Å². The van der Waals surface area contributed by atoms with Crippen molar-refractivity contribution in [1.29, 1.82) is 0 Å². The van der Waals surface area contributed by atoms with Gasteiger partial charge in [0.1, 0.15) is 6.33 Å². The van der Waals surface area contributed by atoms with E-state index in [1.807, 2.05) is 44.2 Å². The fourth-order valence-corrected chi connectivity index (χ4v) is 2.28. The van der Waals surface area contributed by atoms with Crippen LogP contribution in [0.15, 0.2) is 54.0 Å². The van der Waals surface area contributed by atoms with E-state index in [0.29, 0.717) is 24.7 Å². The number of pyridine rings is 2. The highest BCUT2D eigenvalue weighted by Crippen LogP contribution is 2.19. The summed E-state index contributed by atoms with van der Waals surface area (Å²) in [6.07, 6.45) is 7.46. The second-order valence-corrected chi connectivity index (χ2v) is 5.37. The van der Waals surface area contributed by atoms with E-state index in [4.69, 9.17) is 4.74 Å². The Bertz CT molecular complexity index is 862. The summed E-state index contributed by atoms with van der Waals surface area (Å²) in [6, 6.07) is 9.65. The summed E-state index contributed by atoms with van der Waals surface area (Å²) < 4.78 is 5.52. The minimum atomic E-state index is 0.584. The fourth-order valence-electron chi connectivity index (χ4n) is 2.28. The maximum atomic E-state index is 5.52. The van der Waals surface area contributed by atoms with Crippen LogP contribution in [0.5, 0.6) is 5.88 Å². The van der Waals surface area contributed by atoms with Gasteiger partial charge in [0.25, 0.3) is 0 Å². The van der Waals surface area contributed by atoms with E-state index in [-0.39, 0.29) is 0 Å². The zero-order valence-corrected chi connectivity index (χ0v) is 14.3. The van der Waals surface area contributed by atoms with E-state index in [0.717, 1.165) is 22.5 Å². The van der Waals surface area contributed by atoms with E-state index in [2.05, 4.69) is 24.9 Å². The van der Waals surface area contributed by atoms with Gasteiger partial charge in [-0.2, -0.15) is 0 Å². The quantitative estimate of drug-likeness (QED) is 0.645. The van der Waals surface area contributed by atoms with Crippen molar-refractivity contribution < 1.29 is 4.74 Å². The number of aliphatic imine (C=N–C) groups is 1. The van der Waals surface area contributed by atoms with E-state index in [1.54, 1.807) is 18.6 Å². The third kappa shape index (κ3) is 4.44. The SMILES string of the molecule is CCOc1ncccc1CC=Nc1cc(-c2ccc(C)nc2)ncn1. The van der Waals surface area contributed by atoms with E-state index >= 15 is 0 Å². The Morgan fingerprint density at radius 1 is 1.12 bits per heavy atom. The number of aromatic nitrogens is 4. The van der Waals surface area contributed by atoms with Crippen LogP contribution in [0.3, 0.4) is 0 Å². The summed E-state index contributed by atoms with van der Waals surface area (Å²) in [5.41, 5.74) is 3.70. The van der Waals surface area contributed by atoms with Crippen LogP contribution in [0, 0.1) is 6.92 Å². The largest absolute Gasteiger partial charge is 0.478 e. The normalized spacial score (nSPS) is 11.0. The molecule has 0 fully saturated rings. The Hall–Kier alpha value is -3.15. The number of aryl methyl sites for hydroxylation is 1. The van der Waals surface area contributed by atoms with Crippen molar-refractivity contribution in [2.75, 3.05) is 6.61 Å². The first kappa shape index (κ1) is 16.7. The van der Waals surface area contributed by atoms with Crippen molar-refractivity contribution in [1.82, 2.24) is 19.9 Å². The zero-order valence-electron chi connectivity index (χ0n) is 14.3. The van der Waals surface area contributed by atoms with E-state index in [1.165, 1.54) is 6.33 Å². The molecule has 0 atom stereocenters. The van der Waals surface area contributed by atoms with Gasteiger partial charge >= 0.3 is 0 Å². The average Bonchev–Trinajstić information content (AvgIpc) is 2.64. The van der Waals surface area contributed by atoms with Crippen LogP contribution >= 0.6 is 0 Å². The third-order valence-electron chi connectivity index (χ3n) is 3.53. The highest BCUT2D eigenvalue weighted by Gasteiger charge is 2.03. The lowest BCUT2D eigenvalue weighted by atomic mass is 10.2. The van der Waals surface area contributed by atoms with Crippen molar-refractivity contribution in [2.45, 2.75) is 20.3 Å². The molecule has 0 saturated heterocycles. The second-order valence-electron chi connectivity index (χ2n) is 5.37. The maximum absolute atomic E-state index is 5.52. The number of nitrogens with zero attached hydrogens (tertiary/aromatic N) is 5. The molecule has 0 aliphatic rings. The van der Waals surface area contributed by atoms with Crippen LogP contribution in [0.25, 0.3) is 11.3 Å². The van der Waals surface area contributed by atoms with Gasteiger partial charge in [-0.15, -0.1) is 0 Å². The van der Waals surface area contributed by atoms with E-state index in [9.17, 15) is 0 Å². The van der Waals surface area contributed by atoms with Crippen molar-refractivity contribution in [2.24, 2.45) is 4.99 Å². The molecule has 6 heteroatoms. The van der Waals surface area contributed by atoms with Gasteiger partial charge in [0, 0.05) is 47.9 Å². The second kappa shape index (κ2) is 8.10. The molecule has 3 rings (SSSR count). The van der Waals surface area contributed by atoms with Crippen molar-refractivity contribution >= 4 is 12.0 Å². The van der Waals surface area contributed by atoms with Crippen LogP contribution in [0.1, 0.15) is 18.2 Å². The summed E-state index contributed by atoms with van der Waals surface area (Å²) in [4.78, 5) is 21.4. The van der Waals surface area contributed by atoms with Gasteiger partial charge in [0.05, 0.1) is 12.3 Å². The Morgan fingerprint density at radius 2 is 2.04 bits per heavy atom. The molecule has 0 aliphatic heterocycles. The molecule has 0 spiro atoms. The Labute approximate surface area is 146 Å². The standard InChI is InChI=1S/C19H19N5O/c1-3-25-19-15(5-4-9-21-19)8-10-20-18-11-17(23-13-24-18)16-7-6-14(2)22-12-16/h4-7,9-13H,3,8H2,1-2H3. The molecule has 126 valence electrons. The number of ether oxygens (including phenoxy) is 1. The zero-order chi connectivity index (χ0) is 17.5.